The SMILES string of the molecule is O=C(c1ccc(Cl)c(N2CCCCS2(=O)=O)c1)N1C[C@H]2C[C@@H](C1)c1cccc(=O)n1C2. The van der Waals surface area contributed by atoms with E-state index < -0.39 is 10.0 Å². The summed E-state index contributed by atoms with van der Waals surface area (Å²) in [5.74, 6) is 0.313. The molecule has 1 aromatic carbocycles. The second-order valence-corrected chi connectivity index (χ2v) is 11.1. The first kappa shape index (κ1) is 20.6. The van der Waals surface area contributed by atoms with Gasteiger partial charge >= 0.3 is 0 Å². The van der Waals surface area contributed by atoms with E-state index in [4.69, 9.17) is 11.6 Å². The Balaban J connectivity index is 1.43. The molecule has 2 atom stereocenters. The van der Waals surface area contributed by atoms with Crippen LogP contribution < -0.4 is 9.86 Å². The fourth-order valence-corrected chi connectivity index (χ4v) is 7.06. The first-order valence-corrected chi connectivity index (χ1v) is 12.6. The molecule has 0 saturated carbocycles. The molecule has 0 spiro atoms. The molecule has 2 bridgehead atoms. The molecular weight excluding hydrogens is 438 g/mol. The fraction of sp³-hybridized carbons (Fsp3) is 0.455. The van der Waals surface area contributed by atoms with Crippen molar-refractivity contribution in [2.24, 2.45) is 5.92 Å². The van der Waals surface area contributed by atoms with Gasteiger partial charge in [0.1, 0.15) is 0 Å². The number of aromatic nitrogens is 1. The van der Waals surface area contributed by atoms with E-state index in [1.807, 2.05) is 15.5 Å². The third-order valence-corrected chi connectivity index (χ3v) is 8.75. The largest absolute Gasteiger partial charge is 0.338 e. The molecule has 31 heavy (non-hydrogen) atoms. The first-order valence-electron chi connectivity index (χ1n) is 10.6. The lowest BCUT2D eigenvalue weighted by Crippen LogP contribution is -2.49. The van der Waals surface area contributed by atoms with Gasteiger partial charge in [-0.25, -0.2) is 8.42 Å². The van der Waals surface area contributed by atoms with Gasteiger partial charge in [-0.3, -0.25) is 13.9 Å². The molecule has 2 aromatic rings. The number of likely N-dealkylation sites (tertiary alicyclic amines) is 1. The number of rotatable bonds is 2. The van der Waals surface area contributed by atoms with E-state index in [-0.39, 0.29) is 29.1 Å². The van der Waals surface area contributed by atoms with Gasteiger partial charge in [-0.05, 0) is 49.4 Å². The molecule has 5 rings (SSSR count). The summed E-state index contributed by atoms with van der Waals surface area (Å²) >= 11 is 6.33. The quantitative estimate of drug-likeness (QED) is 0.688. The summed E-state index contributed by atoms with van der Waals surface area (Å²) in [5, 5.41) is 0.325. The Labute approximate surface area is 186 Å². The number of carbonyl (C=O) groups excluding carboxylic acids is 1. The molecule has 164 valence electrons. The van der Waals surface area contributed by atoms with Crippen LogP contribution in [0, 0.1) is 5.92 Å². The monoisotopic (exact) mass is 461 g/mol. The van der Waals surface area contributed by atoms with Crippen molar-refractivity contribution in [1.82, 2.24) is 9.47 Å². The van der Waals surface area contributed by atoms with Gasteiger partial charge in [-0.2, -0.15) is 0 Å². The molecule has 1 amide bonds. The molecule has 4 heterocycles. The van der Waals surface area contributed by atoms with Crippen LogP contribution in [0.4, 0.5) is 5.69 Å². The maximum absolute atomic E-state index is 13.4. The topological polar surface area (TPSA) is 79.7 Å². The highest BCUT2D eigenvalue weighted by Gasteiger charge is 2.37. The lowest BCUT2D eigenvalue weighted by molar-refractivity contribution is 0.0594. The highest BCUT2D eigenvalue weighted by Crippen LogP contribution is 2.36. The summed E-state index contributed by atoms with van der Waals surface area (Å²) in [6.07, 6.45) is 2.36. The average Bonchev–Trinajstić information content (AvgIpc) is 2.74. The number of sulfonamides is 1. The number of hydrogen-bond donors (Lipinski definition) is 0. The van der Waals surface area contributed by atoms with E-state index in [0.29, 0.717) is 48.9 Å². The minimum Gasteiger partial charge on any atom is -0.338 e. The lowest BCUT2D eigenvalue weighted by Gasteiger charge is -2.42. The van der Waals surface area contributed by atoms with E-state index in [0.717, 1.165) is 18.5 Å². The Morgan fingerprint density at radius 3 is 2.71 bits per heavy atom. The Bertz CT molecular complexity index is 1210. The number of pyridine rings is 1. The highest BCUT2D eigenvalue weighted by molar-refractivity contribution is 7.92. The Morgan fingerprint density at radius 2 is 1.90 bits per heavy atom. The maximum Gasteiger partial charge on any atom is 0.253 e. The zero-order valence-corrected chi connectivity index (χ0v) is 18.6. The number of piperidine rings is 1. The van der Waals surface area contributed by atoms with E-state index in [1.54, 1.807) is 30.3 Å². The van der Waals surface area contributed by atoms with Gasteiger partial charge < -0.3 is 9.47 Å². The molecule has 1 aromatic heterocycles. The van der Waals surface area contributed by atoms with Crippen molar-refractivity contribution in [1.29, 1.82) is 0 Å². The smallest absolute Gasteiger partial charge is 0.253 e. The van der Waals surface area contributed by atoms with Gasteiger partial charge in [-0.15, -0.1) is 0 Å². The molecule has 0 unspecified atom stereocenters. The highest BCUT2D eigenvalue weighted by atomic mass is 35.5. The molecule has 2 saturated heterocycles. The van der Waals surface area contributed by atoms with Crippen LogP contribution >= 0.6 is 11.6 Å². The van der Waals surface area contributed by atoms with Crippen molar-refractivity contribution in [3.05, 3.63) is 63.0 Å². The number of fused-ring (bicyclic) bond motifs is 4. The summed E-state index contributed by atoms with van der Waals surface area (Å²) in [5.41, 5.74) is 1.81. The number of hydrogen-bond acceptors (Lipinski definition) is 4. The summed E-state index contributed by atoms with van der Waals surface area (Å²) in [6.45, 7) is 2.11. The van der Waals surface area contributed by atoms with Crippen molar-refractivity contribution in [2.75, 3.05) is 29.7 Å². The van der Waals surface area contributed by atoms with Crippen LogP contribution in [0.5, 0.6) is 0 Å². The van der Waals surface area contributed by atoms with Gasteiger partial charge in [-0.1, -0.05) is 17.7 Å². The van der Waals surface area contributed by atoms with Crippen molar-refractivity contribution in [2.45, 2.75) is 31.7 Å². The van der Waals surface area contributed by atoms with Gasteiger partial charge in [0.25, 0.3) is 11.5 Å². The molecule has 0 N–H and O–H groups in total. The van der Waals surface area contributed by atoms with Crippen molar-refractivity contribution >= 4 is 33.2 Å². The molecule has 9 heteroatoms. The van der Waals surface area contributed by atoms with E-state index in [9.17, 15) is 18.0 Å². The van der Waals surface area contributed by atoms with Crippen LogP contribution in [0.3, 0.4) is 0 Å². The van der Waals surface area contributed by atoms with E-state index in [1.165, 1.54) is 4.31 Å². The Kier molecular flexibility index (Phi) is 5.09. The second kappa shape index (κ2) is 7.67. The number of halogens is 1. The van der Waals surface area contributed by atoms with Crippen LogP contribution in [-0.4, -0.2) is 49.2 Å². The number of anilines is 1. The number of carbonyl (C=O) groups is 1. The number of benzene rings is 1. The third kappa shape index (κ3) is 3.65. The van der Waals surface area contributed by atoms with Crippen molar-refractivity contribution in [3.63, 3.8) is 0 Å². The minimum atomic E-state index is -3.42. The predicted molar refractivity (Wildman–Crippen MR) is 119 cm³/mol. The van der Waals surface area contributed by atoms with Crippen molar-refractivity contribution < 1.29 is 13.2 Å². The van der Waals surface area contributed by atoms with Crippen LogP contribution in [0.25, 0.3) is 0 Å². The lowest BCUT2D eigenvalue weighted by atomic mass is 9.83. The van der Waals surface area contributed by atoms with Crippen LogP contribution in [-0.2, 0) is 16.6 Å². The normalized spacial score (nSPS) is 24.5. The van der Waals surface area contributed by atoms with Crippen LogP contribution in [0.15, 0.2) is 41.2 Å². The Hall–Kier alpha value is -2.32. The van der Waals surface area contributed by atoms with Crippen LogP contribution in [0.2, 0.25) is 5.02 Å². The summed E-state index contributed by atoms with van der Waals surface area (Å²) < 4.78 is 28.2. The standard InChI is InChI=1S/C22H24ClN3O4S/c23-18-7-6-16(11-20(18)26-8-1-2-9-31(26,29)30)22(28)24-12-15-10-17(14-24)19-4-3-5-21(27)25(19)13-15/h3-7,11,15,17H,1-2,8-10,12-14H2/t15-,17+/m1/s1. The van der Waals surface area contributed by atoms with Crippen molar-refractivity contribution in [3.8, 4) is 0 Å². The molecule has 0 aliphatic carbocycles. The molecule has 0 radical (unpaired) electrons. The first-order chi connectivity index (χ1) is 14.8. The van der Waals surface area contributed by atoms with Crippen LogP contribution in [0.1, 0.15) is 41.2 Å². The summed E-state index contributed by atoms with van der Waals surface area (Å²) in [6, 6.07) is 10.2. The summed E-state index contributed by atoms with van der Waals surface area (Å²) in [4.78, 5) is 27.4. The molecule has 2 fully saturated rings. The maximum atomic E-state index is 13.4. The van der Waals surface area contributed by atoms with Gasteiger partial charge in [0.15, 0.2) is 0 Å². The number of amides is 1. The number of nitrogens with zero attached hydrogens (tertiary/aromatic N) is 3. The Morgan fingerprint density at radius 1 is 1.06 bits per heavy atom. The molecule has 3 aliphatic rings. The predicted octanol–water partition coefficient (Wildman–Crippen LogP) is 2.69. The average molecular weight is 462 g/mol. The van der Waals surface area contributed by atoms with E-state index >= 15 is 0 Å². The van der Waals surface area contributed by atoms with Gasteiger partial charge in [0, 0.05) is 49.4 Å². The third-order valence-electron chi connectivity index (χ3n) is 6.58. The fourth-order valence-electron chi connectivity index (χ4n) is 5.14. The molecule has 7 nitrogen and oxygen atoms in total. The van der Waals surface area contributed by atoms with Gasteiger partial charge in [0.2, 0.25) is 10.0 Å². The van der Waals surface area contributed by atoms with E-state index in [2.05, 4.69) is 0 Å². The zero-order valence-electron chi connectivity index (χ0n) is 17.0. The summed E-state index contributed by atoms with van der Waals surface area (Å²) in [7, 11) is -3.42. The van der Waals surface area contributed by atoms with Gasteiger partial charge in [0.05, 0.1) is 16.5 Å². The second-order valence-electron chi connectivity index (χ2n) is 8.67. The molecular formula is C22H24ClN3O4S. The zero-order chi connectivity index (χ0) is 21.8. The minimum absolute atomic E-state index is 0.0112. The molecule has 3 aliphatic heterocycles.